The maximum Gasteiger partial charge on any atom is 0.0795 e. The van der Waals surface area contributed by atoms with Crippen LogP contribution in [0.5, 0.6) is 0 Å². The van der Waals surface area contributed by atoms with Gasteiger partial charge in [-0.3, -0.25) is 0 Å². The molecule has 0 bridgehead atoms. The number of thioether (sulfide) groups is 1. The smallest absolute Gasteiger partial charge is 0.0795 e. The van der Waals surface area contributed by atoms with Gasteiger partial charge < -0.3 is 10.1 Å². The van der Waals surface area contributed by atoms with E-state index in [0.717, 1.165) is 44.8 Å². The van der Waals surface area contributed by atoms with E-state index < -0.39 is 0 Å². The minimum Gasteiger partial charge on any atom is -0.381 e. The molecule has 0 atom stereocenters. The first kappa shape index (κ1) is 12.4. The van der Waals surface area contributed by atoms with Crippen molar-refractivity contribution >= 4 is 23.1 Å². The van der Waals surface area contributed by atoms with E-state index in [9.17, 15) is 0 Å². The van der Waals surface area contributed by atoms with Crippen LogP contribution >= 0.6 is 23.1 Å². The molecule has 16 heavy (non-hydrogen) atoms. The Kier molecular flexibility index (Phi) is 4.64. The topological polar surface area (TPSA) is 34.2 Å². The molecule has 0 saturated carbocycles. The van der Waals surface area contributed by atoms with Gasteiger partial charge in [-0.25, -0.2) is 4.98 Å². The number of ether oxygens (including phenoxy) is 1. The van der Waals surface area contributed by atoms with Gasteiger partial charge in [-0.15, -0.1) is 11.3 Å². The summed E-state index contributed by atoms with van der Waals surface area (Å²) >= 11 is 3.62. The molecule has 0 amide bonds. The SMILES string of the molecule is CSC1(CNCc2cscn2)CCOCC1. The first-order valence-electron chi connectivity index (χ1n) is 5.55. The van der Waals surface area contributed by atoms with Gasteiger partial charge in [-0.05, 0) is 19.1 Å². The van der Waals surface area contributed by atoms with Crippen molar-refractivity contribution in [3.8, 4) is 0 Å². The molecule has 5 heteroatoms. The Morgan fingerprint density at radius 1 is 1.56 bits per heavy atom. The summed E-state index contributed by atoms with van der Waals surface area (Å²) in [5, 5.41) is 5.62. The zero-order valence-electron chi connectivity index (χ0n) is 9.57. The first-order valence-corrected chi connectivity index (χ1v) is 7.72. The molecule has 0 unspecified atom stereocenters. The molecule has 1 N–H and O–H groups in total. The van der Waals surface area contributed by atoms with Gasteiger partial charge in [0.15, 0.2) is 0 Å². The van der Waals surface area contributed by atoms with Crippen LogP contribution in [0.2, 0.25) is 0 Å². The molecule has 2 heterocycles. The van der Waals surface area contributed by atoms with Crippen LogP contribution in [0.4, 0.5) is 0 Å². The Hall–Kier alpha value is -0.100. The number of nitrogens with one attached hydrogen (secondary N) is 1. The van der Waals surface area contributed by atoms with E-state index in [-0.39, 0.29) is 0 Å². The quantitative estimate of drug-likeness (QED) is 0.877. The average molecular weight is 258 g/mol. The molecule has 3 nitrogen and oxygen atoms in total. The lowest BCUT2D eigenvalue weighted by Gasteiger charge is -2.35. The fourth-order valence-corrected chi connectivity index (χ4v) is 3.32. The first-order chi connectivity index (χ1) is 7.85. The molecule has 0 radical (unpaired) electrons. The fourth-order valence-electron chi connectivity index (χ4n) is 1.94. The second-order valence-electron chi connectivity index (χ2n) is 4.08. The number of thiazole rings is 1. The molecule has 0 aromatic carbocycles. The molecule has 0 aliphatic carbocycles. The fraction of sp³-hybridized carbons (Fsp3) is 0.727. The summed E-state index contributed by atoms with van der Waals surface area (Å²) in [5.74, 6) is 0. The Balaban J connectivity index is 1.78. The Labute approximate surface area is 105 Å². The summed E-state index contributed by atoms with van der Waals surface area (Å²) in [7, 11) is 0. The van der Waals surface area contributed by atoms with Gasteiger partial charge >= 0.3 is 0 Å². The van der Waals surface area contributed by atoms with E-state index in [4.69, 9.17) is 4.74 Å². The van der Waals surface area contributed by atoms with Gasteiger partial charge in [0, 0.05) is 36.4 Å². The second-order valence-corrected chi connectivity index (χ2v) is 6.08. The molecule has 1 aromatic heterocycles. The van der Waals surface area contributed by atoms with Gasteiger partial charge in [0.1, 0.15) is 0 Å². The van der Waals surface area contributed by atoms with Crippen molar-refractivity contribution in [2.24, 2.45) is 0 Å². The normalized spacial score (nSPS) is 19.8. The number of aromatic nitrogens is 1. The average Bonchev–Trinajstić information content (AvgIpc) is 2.83. The molecule has 2 rings (SSSR count). The van der Waals surface area contributed by atoms with Crippen LogP contribution in [0.25, 0.3) is 0 Å². The highest BCUT2D eigenvalue weighted by atomic mass is 32.2. The van der Waals surface area contributed by atoms with E-state index in [1.165, 1.54) is 0 Å². The summed E-state index contributed by atoms with van der Waals surface area (Å²) in [4.78, 5) is 4.27. The second kappa shape index (κ2) is 6.00. The van der Waals surface area contributed by atoms with Crippen molar-refractivity contribution in [3.63, 3.8) is 0 Å². The van der Waals surface area contributed by atoms with Crippen molar-refractivity contribution < 1.29 is 4.74 Å². The third kappa shape index (κ3) is 3.20. The molecule has 1 fully saturated rings. The van der Waals surface area contributed by atoms with Crippen LogP contribution < -0.4 is 5.32 Å². The Morgan fingerprint density at radius 2 is 2.38 bits per heavy atom. The van der Waals surface area contributed by atoms with Crippen molar-refractivity contribution in [1.29, 1.82) is 0 Å². The van der Waals surface area contributed by atoms with Crippen LogP contribution in [0.15, 0.2) is 10.9 Å². The van der Waals surface area contributed by atoms with E-state index in [1.54, 1.807) is 11.3 Å². The molecule has 1 aliphatic rings. The molecular formula is C11H18N2OS2. The maximum absolute atomic E-state index is 5.43. The third-order valence-corrected chi connectivity index (χ3v) is 5.13. The predicted molar refractivity (Wildman–Crippen MR) is 70.1 cm³/mol. The standard InChI is InChI=1S/C11H18N2OS2/c1-15-11(2-4-14-5-3-11)8-12-6-10-7-16-9-13-10/h7,9,12H,2-6,8H2,1H3. The lowest BCUT2D eigenvalue weighted by atomic mass is 9.99. The molecule has 1 saturated heterocycles. The van der Waals surface area contributed by atoms with E-state index in [0.29, 0.717) is 4.75 Å². The van der Waals surface area contributed by atoms with Crippen molar-refractivity contribution in [2.45, 2.75) is 24.1 Å². The lowest BCUT2D eigenvalue weighted by molar-refractivity contribution is 0.0772. The summed E-state index contributed by atoms with van der Waals surface area (Å²) in [6, 6.07) is 0. The van der Waals surface area contributed by atoms with Gasteiger partial charge in [-0.1, -0.05) is 0 Å². The van der Waals surface area contributed by atoms with Crippen LogP contribution in [-0.4, -0.2) is 35.7 Å². The van der Waals surface area contributed by atoms with Crippen molar-refractivity contribution in [1.82, 2.24) is 10.3 Å². The highest BCUT2D eigenvalue weighted by Crippen LogP contribution is 2.32. The number of rotatable bonds is 5. The zero-order chi connectivity index (χ0) is 11.3. The highest BCUT2D eigenvalue weighted by Gasteiger charge is 2.31. The Morgan fingerprint density at radius 3 is 3.00 bits per heavy atom. The molecule has 1 aromatic rings. The van der Waals surface area contributed by atoms with Gasteiger partial charge in [0.05, 0.1) is 11.2 Å². The maximum atomic E-state index is 5.43. The molecule has 0 spiro atoms. The van der Waals surface area contributed by atoms with E-state index >= 15 is 0 Å². The monoisotopic (exact) mass is 258 g/mol. The van der Waals surface area contributed by atoms with Crippen LogP contribution in [-0.2, 0) is 11.3 Å². The van der Waals surface area contributed by atoms with Crippen LogP contribution in [0.1, 0.15) is 18.5 Å². The largest absolute Gasteiger partial charge is 0.381 e. The van der Waals surface area contributed by atoms with E-state index in [2.05, 4.69) is 21.9 Å². The molecular weight excluding hydrogens is 240 g/mol. The summed E-state index contributed by atoms with van der Waals surface area (Å²) in [5.41, 5.74) is 3.03. The number of nitrogens with zero attached hydrogens (tertiary/aromatic N) is 1. The summed E-state index contributed by atoms with van der Waals surface area (Å²) < 4.78 is 5.80. The van der Waals surface area contributed by atoms with Gasteiger partial charge in [-0.2, -0.15) is 11.8 Å². The van der Waals surface area contributed by atoms with Crippen molar-refractivity contribution in [2.75, 3.05) is 26.0 Å². The summed E-state index contributed by atoms with van der Waals surface area (Å²) in [6.07, 6.45) is 4.51. The predicted octanol–water partition coefficient (Wildman–Crippen LogP) is 2.14. The van der Waals surface area contributed by atoms with Crippen molar-refractivity contribution in [3.05, 3.63) is 16.6 Å². The zero-order valence-corrected chi connectivity index (χ0v) is 11.2. The molecule has 1 aliphatic heterocycles. The lowest BCUT2D eigenvalue weighted by Crippen LogP contribution is -2.42. The minimum atomic E-state index is 0.369. The Bertz CT molecular complexity index is 297. The van der Waals surface area contributed by atoms with Crippen LogP contribution in [0.3, 0.4) is 0 Å². The van der Waals surface area contributed by atoms with E-state index in [1.807, 2.05) is 17.3 Å². The van der Waals surface area contributed by atoms with Crippen LogP contribution in [0, 0.1) is 0 Å². The molecule has 90 valence electrons. The number of hydrogen-bond acceptors (Lipinski definition) is 5. The van der Waals surface area contributed by atoms with Gasteiger partial charge in [0.25, 0.3) is 0 Å². The van der Waals surface area contributed by atoms with Gasteiger partial charge in [0.2, 0.25) is 0 Å². The third-order valence-electron chi connectivity index (χ3n) is 3.07. The minimum absolute atomic E-state index is 0.369. The highest BCUT2D eigenvalue weighted by molar-refractivity contribution is 8.00. The summed E-state index contributed by atoms with van der Waals surface area (Å²) in [6.45, 7) is 3.74. The number of hydrogen-bond donors (Lipinski definition) is 1.